The van der Waals surface area contributed by atoms with Gasteiger partial charge in [0.15, 0.2) is 0 Å². The van der Waals surface area contributed by atoms with Crippen LogP contribution in [-0.4, -0.2) is 33.3 Å². The standard InChI is InChI=1S/C23H22N6O2S/c1-4-20-22(23(28-14-27-20)17-7-9-25-15(2)10-17)18-11-21(16(3)26-12-18)29-32(30,31)19-6-5-8-24-13-19/h5-14,29H,4H2,1-3H3. The third-order valence-corrected chi connectivity index (χ3v) is 6.35. The van der Waals surface area contributed by atoms with Crippen LogP contribution in [0, 0.1) is 13.8 Å². The monoisotopic (exact) mass is 446 g/mol. The second-order valence-corrected chi connectivity index (χ2v) is 8.92. The first-order valence-electron chi connectivity index (χ1n) is 10.1. The summed E-state index contributed by atoms with van der Waals surface area (Å²) in [5.74, 6) is 0. The summed E-state index contributed by atoms with van der Waals surface area (Å²) in [5, 5.41) is 0. The van der Waals surface area contributed by atoms with Crippen molar-refractivity contribution < 1.29 is 8.42 Å². The lowest BCUT2D eigenvalue weighted by molar-refractivity contribution is 0.600. The lowest BCUT2D eigenvalue weighted by atomic mass is 9.97. The number of rotatable bonds is 6. The van der Waals surface area contributed by atoms with E-state index in [-0.39, 0.29) is 4.90 Å². The Bertz CT molecular complexity index is 1370. The van der Waals surface area contributed by atoms with E-state index in [1.54, 1.807) is 37.8 Å². The lowest BCUT2D eigenvalue weighted by Crippen LogP contribution is -2.14. The summed E-state index contributed by atoms with van der Waals surface area (Å²) >= 11 is 0. The van der Waals surface area contributed by atoms with E-state index in [0.717, 1.165) is 33.8 Å². The highest BCUT2D eigenvalue weighted by Crippen LogP contribution is 2.34. The van der Waals surface area contributed by atoms with Crippen LogP contribution >= 0.6 is 0 Å². The van der Waals surface area contributed by atoms with Crippen LogP contribution in [-0.2, 0) is 16.4 Å². The molecule has 4 aromatic heterocycles. The average molecular weight is 447 g/mol. The molecule has 0 saturated heterocycles. The quantitative estimate of drug-likeness (QED) is 0.477. The van der Waals surface area contributed by atoms with E-state index in [1.165, 1.54) is 18.5 Å². The number of hydrogen-bond donors (Lipinski definition) is 1. The van der Waals surface area contributed by atoms with Crippen LogP contribution in [0.3, 0.4) is 0 Å². The van der Waals surface area contributed by atoms with Crippen LogP contribution in [0.15, 0.2) is 66.3 Å². The summed E-state index contributed by atoms with van der Waals surface area (Å²) in [6, 6.07) is 8.69. The molecule has 4 rings (SSSR count). The highest BCUT2D eigenvalue weighted by atomic mass is 32.2. The first-order valence-corrected chi connectivity index (χ1v) is 11.5. The van der Waals surface area contributed by atoms with E-state index in [4.69, 9.17) is 0 Å². The fourth-order valence-corrected chi connectivity index (χ4v) is 4.46. The molecule has 1 N–H and O–H groups in total. The van der Waals surface area contributed by atoms with E-state index < -0.39 is 10.0 Å². The third-order valence-electron chi connectivity index (χ3n) is 5.00. The molecule has 0 aliphatic carbocycles. The molecule has 0 atom stereocenters. The van der Waals surface area contributed by atoms with Crippen LogP contribution in [0.4, 0.5) is 5.69 Å². The molecule has 0 fully saturated rings. The Morgan fingerprint density at radius 1 is 0.938 bits per heavy atom. The van der Waals surface area contributed by atoms with Crippen LogP contribution in [0.2, 0.25) is 0 Å². The minimum Gasteiger partial charge on any atom is -0.278 e. The Morgan fingerprint density at radius 3 is 2.50 bits per heavy atom. The van der Waals surface area contributed by atoms with Gasteiger partial charge in [0.05, 0.1) is 22.8 Å². The molecular formula is C23H22N6O2S. The minimum atomic E-state index is -3.81. The summed E-state index contributed by atoms with van der Waals surface area (Å²) < 4.78 is 28.3. The normalized spacial score (nSPS) is 11.3. The molecule has 0 aromatic carbocycles. The topological polar surface area (TPSA) is 111 Å². The van der Waals surface area contributed by atoms with Crippen molar-refractivity contribution in [2.24, 2.45) is 0 Å². The van der Waals surface area contributed by atoms with Crippen molar-refractivity contribution in [3.63, 3.8) is 0 Å². The van der Waals surface area contributed by atoms with E-state index in [1.807, 2.05) is 26.0 Å². The molecule has 0 unspecified atom stereocenters. The van der Waals surface area contributed by atoms with Crippen molar-refractivity contribution in [2.45, 2.75) is 32.1 Å². The largest absolute Gasteiger partial charge is 0.278 e. The second kappa shape index (κ2) is 8.80. The first-order chi connectivity index (χ1) is 15.4. The molecule has 8 nitrogen and oxygen atoms in total. The van der Waals surface area contributed by atoms with Crippen molar-refractivity contribution >= 4 is 15.7 Å². The molecule has 0 aliphatic rings. The van der Waals surface area contributed by atoms with Crippen molar-refractivity contribution in [2.75, 3.05) is 4.72 Å². The highest BCUT2D eigenvalue weighted by molar-refractivity contribution is 7.92. The number of aryl methyl sites for hydroxylation is 3. The van der Waals surface area contributed by atoms with Crippen molar-refractivity contribution in [3.8, 4) is 22.4 Å². The number of aromatic nitrogens is 5. The number of pyridine rings is 3. The van der Waals surface area contributed by atoms with Gasteiger partial charge in [0.2, 0.25) is 0 Å². The summed E-state index contributed by atoms with van der Waals surface area (Å²) in [5.41, 5.74) is 5.84. The molecule has 0 radical (unpaired) electrons. The highest BCUT2D eigenvalue weighted by Gasteiger charge is 2.19. The van der Waals surface area contributed by atoms with E-state index in [0.29, 0.717) is 17.8 Å². The van der Waals surface area contributed by atoms with Gasteiger partial charge in [-0.25, -0.2) is 18.4 Å². The molecule has 0 spiro atoms. The SMILES string of the molecule is CCc1ncnc(-c2ccnc(C)c2)c1-c1cnc(C)c(NS(=O)(=O)c2cccnc2)c1. The van der Waals surface area contributed by atoms with Gasteiger partial charge in [0.1, 0.15) is 11.2 Å². The number of nitrogens with one attached hydrogen (secondary N) is 1. The van der Waals surface area contributed by atoms with Crippen LogP contribution in [0.5, 0.6) is 0 Å². The van der Waals surface area contributed by atoms with Crippen molar-refractivity contribution in [3.05, 3.63) is 78.5 Å². The minimum absolute atomic E-state index is 0.0787. The maximum Gasteiger partial charge on any atom is 0.263 e. The van der Waals surface area contributed by atoms with Gasteiger partial charge in [-0.05, 0) is 50.6 Å². The average Bonchev–Trinajstić information content (AvgIpc) is 2.80. The van der Waals surface area contributed by atoms with Crippen LogP contribution in [0.25, 0.3) is 22.4 Å². The Morgan fingerprint density at radius 2 is 1.78 bits per heavy atom. The van der Waals surface area contributed by atoms with Gasteiger partial charge in [-0.15, -0.1) is 0 Å². The lowest BCUT2D eigenvalue weighted by Gasteiger charge is -2.15. The Balaban J connectivity index is 1.84. The summed E-state index contributed by atoms with van der Waals surface area (Å²) in [4.78, 5) is 21.7. The van der Waals surface area contributed by atoms with E-state index in [2.05, 4.69) is 29.6 Å². The molecular weight excluding hydrogens is 424 g/mol. The van der Waals surface area contributed by atoms with Crippen LogP contribution in [0.1, 0.15) is 24.0 Å². The number of nitrogens with zero attached hydrogens (tertiary/aromatic N) is 5. The predicted molar refractivity (Wildman–Crippen MR) is 122 cm³/mol. The van der Waals surface area contributed by atoms with Gasteiger partial charge in [-0.3, -0.25) is 19.7 Å². The van der Waals surface area contributed by atoms with Gasteiger partial charge >= 0.3 is 0 Å². The fraction of sp³-hybridized carbons (Fsp3) is 0.174. The molecule has 0 bridgehead atoms. The predicted octanol–water partition coefficient (Wildman–Crippen LogP) is 3.98. The fourth-order valence-electron chi connectivity index (χ4n) is 3.39. The third kappa shape index (κ3) is 4.33. The number of sulfonamides is 1. The zero-order valence-electron chi connectivity index (χ0n) is 17.9. The molecule has 0 aliphatic heterocycles. The maximum absolute atomic E-state index is 12.8. The maximum atomic E-state index is 12.8. The summed E-state index contributed by atoms with van der Waals surface area (Å²) in [7, 11) is -3.81. The van der Waals surface area contributed by atoms with Gasteiger partial charge < -0.3 is 0 Å². The zero-order chi connectivity index (χ0) is 22.7. The van der Waals surface area contributed by atoms with Crippen LogP contribution < -0.4 is 4.72 Å². The molecule has 0 amide bonds. The Labute approximate surface area is 186 Å². The van der Waals surface area contributed by atoms with Crippen molar-refractivity contribution in [1.29, 1.82) is 0 Å². The molecule has 9 heteroatoms. The zero-order valence-corrected chi connectivity index (χ0v) is 18.8. The van der Waals surface area contributed by atoms with Gasteiger partial charge in [-0.1, -0.05) is 6.92 Å². The van der Waals surface area contributed by atoms with Gasteiger partial charge in [-0.2, -0.15) is 0 Å². The summed E-state index contributed by atoms with van der Waals surface area (Å²) in [6.07, 6.45) is 8.51. The van der Waals surface area contributed by atoms with Gasteiger partial charge in [0, 0.05) is 47.2 Å². The molecule has 32 heavy (non-hydrogen) atoms. The van der Waals surface area contributed by atoms with Gasteiger partial charge in [0.25, 0.3) is 10.0 Å². The van der Waals surface area contributed by atoms with E-state index >= 15 is 0 Å². The molecule has 4 aromatic rings. The molecule has 4 heterocycles. The first kappa shape index (κ1) is 21.5. The molecule has 162 valence electrons. The van der Waals surface area contributed by atoms with E-state index in [9.17, 15) is 8.42 Å². The second-order valence-electron chi connectivity index (χ2n) is 7.23. The summed E-state index contributed by atoms with van der Waals surface area (Å²) in [6.45, 7) is 5.69. The molecule has 0 saturated carbocycles. The smallest absolute Gasteiger partial charge is 0.263 e. The number of hydrogen-bond acceptors (Lipinski definition) is 7. The van der Waals surface area contributed by atoms with Crippen molar-refractivity contribution in [1.82, 2.24) is 24.9 Å². The Kier molecular flexibility index (Phi) is 5.91. The number of anilines is 1. The Hall–Kier alpha value is -3.72.